The molecule has 1 aliphatic rings. The Kier molecular flexibility index (Phi) is 4.47. The first-order chi connectivity index (χ1) is 8.20. The number of hydrogen-bond acceptors (Lipinski definition) is 1. The number of benzene rings is 1. The van der Waals surface area contributed by atoms with Crippen LogP contribution in [-0.4, -0.2) is 5.78 Å². The van der Waals surface area contributed by atoms with E-state index in [1.54, 1.807) is 18.2 Å². The second kappa shape index (κ2) is 5.88. The van der Waals surface area contributed by atoms with Gasteiger partial charge in [0.05, 0.1) is 10.0 Å². The molecule has 92 valence electrons. The van der Waals surface area contributed by atoms with Crippen molar-refractivity contribution in [3.8, 4) is 0 Å². The first kappa shape index (κ1) is 12.9. The summed E-state index contributed by atoms with van der Waals surface area (Å²) < 4.78 is 0. The maximum absolute atomic E-state index is 12.4. The fraction of sp³-hybridized carbons (Fsp3) is 0.500. The molecule has 1 aliphatic carbocycles. The van der Waals surface area contributed by atoms with Gasteiger partial charge in [-0.25, -0.2) is 0 Å². The van der Waals surface area contributed by atoms with Gasteiger partial charge in [-0.3, -0.25) is 4.79 Å². The molecule has 0 heterocycles. The van der Waals surface area contributed by atoms with Crippen molar-refractivity contribution < 1.29 is 4.79 Å². The van der Waals surface area contributed by atoms with Gasteiger partial charge in [-0.05, 0) is 25.0 Å². The average Bonchev–Trinajstić information content (AvgIpc) is 2.60. The molecule has 0 unspecified atom stereocenters. The van der Waals surface area contributed by atoms with Gasteiger partial charge in [-0.15, -0.1) is 0 Å². The molecule has 1 saturated carbocycles. The molecule has 0 spiro atoms. The van der Waals surface area contributed by atoms with E-state index in [0.29, 0.717) is 15.6 Å². The fourth-order valence-electron chi connectivity index (χ4n) is 2.46. The molecular weight excluding hydrogens is 255 g/mol. The van der Waals surface area contributed by atoms with Gasteiger partial charge in [-0.1, -0.05) is 55.0 Å². The third kappa shape index (κ3) is 3.02. The molecule has 0 N–H and O–H groups in total. The smallest absolute Gasteiger partial charge is 0.167 e. The van der Waals surface area contributed by atoms with E-state index in [1.165, 1.54) is 12.8 Å². The molecule has 0 radical (unpaired) electrons. The van der Waals surface area contributed by atoms with Crippen LogP contribution >= 0.6 is 23.2 Å². The van der Waals surface area contributed by atoms with E-state index in [4.69, 9.17) is 23.2 Å². The largest absolute Gasteiger partial charge is 0.294 e. The summed E-state index contributed by atoms with van der Waals surface area (Å²) >= 11 is 12.0. The van der Waals surface area contributed by atoms with Gasteiger partial charge >= 0.3 is 0 Å². The maximum Gasteiger partial charge on any atom is 0.167 e. The van der Waals surface area contributed by atoms with Crippen molar-refractivity contribution in [3.63, 3.8) is 0 Å². The van der Waals surface area contributed by atoms with Crippen LogP contribution < -0.4 is 0 Å². The van der Waals surface area contributed by atoms with Gasteiger partial charge in [0.15, 0.2) is 5.78 Å². The van der Waals surface area contributed by atoms with Crippen LogP contribution in [0.25, 0.3) is 0 Å². The van der Waals surface area contributed by atoms with Crippen molar-refractivity contribution in [2.75, 3.05) is 0 Å². The zero-order valence-electron chi connectivity index (χ0n) is 9.72. The standard InChI is InChI=1S/C14H16Cl2O/c15-12-9-5-8-11(13(12)16)14(17)10-6-3-1-2-4-7-10/h5,8-10H,1-4,6-7H2. The van der Waals surface area contributed by atoms with Crippen molar-refractivity contribution in [3.05, 3.63) is 33.8 Å². The molecule has 1 aromatic carbocycles. The Morgan fingerprint density at radius 1 is 1.06 bits per heavy atom. The molecule has 1 aromatic rings. The highest BCUT2D eigenvalue weighted by Gasteiger charge is 2.23. The van der Waals surface area contributed by atoms with E-state index in [9.17, 15) is 4.79 Å². The summed E-state index contributed by atoms with van der Waals surface area (Å²) in [6.07, 6.45) is 6.76. The minimum absolute atomic E-state index is 0.133. The van der Waals surface area contributed by atoms with E-state index in [1.807, 2.05) is 0 Å². The van der Waals surface area contributed by atoms with Crippen LogP contribution in [-0.2, 0) is 0 Å². The first-order valence-electron chi connectivity index (χ1n) is 6.18. The van der Waals surface area contributed by atoms with Crippen LogP contribution in [0.3, 0.4) is 0 Å². The molecule has 0 aromatic heterocycles. The van der Waals surface area contributed by atoms with Crippen LogP contribution in [0.15, 0.2) is 18.2 Å². The summed E-state index contributed by atoms with van der Waals surface area (Å²) in [7, 11) is 0. The summed E-state index contributed by atoms with van der Waals surface area (Å²) in [5.41, 5.74) is 0.589. The zero-order chi connectivity index (χ0) is 12.3. The number of carbonyl (C=O) groups is 1. The summed E-state index contributed by atoms with van der Waals surface area (Å²) in [5, 5.41) is 0.870. The second-order valence-electron chi connectivity index (χ2n) is 4.65. The Bertz CT molecular complexity index is 407. The van der Waals surface area contributed by atoms with Gasteiger partial charge < -0.3 is 0 Å². The van der Waals surface area contributed by atoms with Crippen LogP contribution in [0, 0.1) is 5.92 Å². The minimum atomic E-state index is 0.133. The molecule has 0 aliphatic heterocycles. The zero-order valence-corrected chi connectivity index (χ0v) is 11.2. The Balaban J connectivity index is 2.20. The molecular formula is C14H16Cl2O. The van der Waals surface area contributed by atoms with Gasteiger partial charge in [0.25, 0.3) is 0 Å². The monoisotopic (exact) mass is 270 g/mol. The number of ketones is 1. The molecule has 0 saturated heterocycles. The van der Waals surface area contributed by atoms with Gasteiger partial charge in [0.2, 0.25) is 0 Å². The summed E-state index contributed by atoms with van der Waals surface area (Å²) in [6.45, 7) is 0. The predicted octanol–water partition coefficient (Wildman–Crippen LogP) is 5.15. The van der Waals surface area contributed by atoms with Gasteiger partial charge in [-0.2, -0.15) is 0 Å². The molecule has 17 heavy (non-hydrogen) atoms. The molecule has 0 atom stereocenters. The number of halogens is 2. The van der Waals surface area contributed by atoms with E-state index in [0.717, 1.165) is 25.7 Å². The average molecular weight is 271 g/mol. The lowest BCUT2D eigenvalue weighted by atomic mass is 9.91. The molecule has 0 bridgehead atoms. The normalized spacial score (nSPS) is 17.8. The Hall–Kier alpha value is -0.530. The molecule has 2 rings (SSSR count). The third-order valence-electron chi connectivity index (χ3n) is 3.44. The van der Waals surface area contributed by atoms with Gasteiger partial charge in [0.1, 0.15) is 0 Å². The lowest BCUT2D eigenvalue weighted by molar-refractivity contribution is 0.0908. The lowest BCUT2D eigenvalue weighted by Crippen LogP contribution is -2.14. The highest BCUT2D eigenvalue weighted by Crippen LogP contribution is 2.31. The molecule has 1 fully saturated rings. The van der Waals surface area contributed by atoms with Crippen molar-refractivity contribution in [2.24, 2.45) is 5.92 Å². The van der Waals surface area contributed by atoms with Crippen LogP contribution in [0.1, 0.15) is 48.9 Å². The fourth-order valence-corrected chi connectivity index (χ4v) is 2.85. The van der Waals surface area contributed by atoms with E-state index in [2.05, 4.69) is 0 Å². The maximum atomic E-state index is 12.4. The van der Waals surface area contributed by atoms with Crippen molar-refractivity contribution in [2.45, 2.75) is 38.5 Å². The Morgan fingerprint density at radius 2 is 1.71 bits per heavy atom. The van der Waals surface area contributed by atoms with Crippen LogP contribution in [0.4, 0.5) is 0 Å². The SMILES string of the molecule is O=C(c1cccc(Cl)c1Cl)C1CCCCCC1. The lowest BCUT2D eigenvalue weighted by Gasteiger charge is -2.14. The van der Waals surface area contributed by atoms with Crippen molar-refractivity contribution >= 4 is 29.0 Å². The highest BCUT2D eigenvalue weighted by atomic mass is 35.5. The predicted molar refractivity (Wildman–Crippen MR) is 72.0 cm³/mol. The number of Topliss-reactive ketones (excluding diaryl/α,β-unsaturated/α-hetero) is 1. The summed E-state index contributed by atoms with van der Waals surface area (Å²) in [4.78, 5) is 12.4. The Morgan fingerprint density at radius 3 is 2.35 bits per heavy atom. The quantitative estimate of drug-likeness (QED) is 0.537. The van der Waals surface area contributed by atoms with E-state index in [-0.39, 0.29) is 11.7 Å². The molecule has 0 amide bonds. The molecule has 3 heteroatoms. The Labute approximate surface area is 112 Å². The number of rotatable bonds is 2. The number of carbonyl (C=O) groups excluding carboxylic acids is 1. The van der Waals surface area contributed by atoms with Crippen LogP contribution in [0.2, 0.25) is 10.0 Å². The van der Waals surface area contributed by atoms with Crippen LogP contribution in [0.5, 0.6) is 0 Å². The van der Waals surface area contributed by atoms with Gasteiger partial charge in [0, 0.05) is 11.5 Å². The first-order valence-corrected chi connectivity index (χ1v) is 6.94. The molecule has 1 nitrogen and oxygen atoms in total. The topological polar surface area (TPSA) is 17.1 Å². The number of hydrogen-bond donors (Lipinski definition) is 0. The third-order valence-corrected chi connectivity index (χ3v) is 4.26. The summed E-state index contributed by atoms with van der Waals surface area (Å²) in [6, 6.07) is 5.29. The van der Waals surface area contributed by atoms with E-state index < -0.39 is 0 Å². The van der Waals surface area contributed by atoms with E-state index >= 15 is 0 Å². The van der Waals surface area contributed by atoms with Crippen molar-refractivity contribution in [1.82, 2.24) is 0 Å². The minimum Gasteiger partial charge on any atom is -0.294 e. The summed E-state index contributed by atoms with van der Waals surface area (Å²) in [5.74, 6) is 0.299. The second-order valence-corrected chi connectivity index (χ2v) is 5.44. The van der Waals surface area contributed by atoms with Crippen molar-refractivity contribution in [1.29, 1.82) is 0 Å². The highest BCUT2D eigenvalue weighted by molar-refractivity contribution is 6.43.